The molecule has 1 N–H and O–H groups in total. The molecule has 3 rings (SSSR count). The third kappa shape index (κ3) is 3.01. The molecule has 0 aliphatic heterocycles. The normalized spacial score (nSPS) is 12.5. The molecule has 0 fully saturated rings. The van der Waals surface area contributed by atoms with E-state index in [4.69, 9.17) is 16.3 Å². The Balaban J connectivity index is 1.74. The summed E-state index contributed by atoms with van der Waals surface area (Å²) in [6.07, 6.45) is 0.743. The maximum atomic E-state index is 10.1. The van der Waals surface area contributed by atoms with Crippen molar-refractivity contribution >= 4 is 22.6 Å². The lowest BCUT2D eigenvalue weighted by atomic mass is 10.2. The largest absolute Gasteiger partial charge is 0.463 e. The number of fused-ring (bicyclic) bond motifs is 1. The molecule has 0 radical (unpaired) electrons. The molecule has 1 unspecified atom stereocenters. The summed E-state index contributed by atoms with van der Waals surface area (Å²) in [7, 11) is 0. The average Bonchev–Trinajstić information content (AvgIpc) is 2.86. The van der Waals surface area contributed by atoms with E-state index < -0.39 is 6.29 Å². The van der Waals surface area contributed by atoms with Crippen molar-refractivity contribution in [1.29, 1.82) is 0 Å². The smallest absolute Gasteiger partial charge is 0.215 e. The van der Waals surface area contributed by atoms with Gasteiger partial charge in [-0.1, -0.05) is 23.7 Å². The number of halogens is 1. The Kier molecular flexibility index (Phi) is 3.82. The van der Waals surface area contributed by atoms with Gasteiger partial charge in [0.1, 0.15) is 5.75 Å². The number of rotatable bonds is 4. The van der Waals surface area contributed by atoms with Crippen LogP contribution < -0.4 is 4.74 Å². The summed E-state index contributed by atoms with van der Waals surface area (Å²) < 4.78 is 7.38. The van der Waals surface area contributed by atoms with Crippen LogP contribution in [0.15, 0.2) is 48.8 Å². The molecule has 1 heterocycles. The fourth-order valence-electron chi connectivity index (χ4n) is 2.21. The lowest BCUT2D eigenvalue weighted by Gasteiger charge is -2.15. The van der Waals surface area contributed by atoms with Crippen molar-refractivity contribution in [2.24, 2.45) is 0 Å². The van der Waals surface area contributed by atoms with Crippen molar-refractivity contribution in [2.45, 2.75) is 19.8 Å². The molecular formula is C16H15ClN2O2. The van der Waals surface area contributed by atoms with Crippen LogP contribution in [0, 0.1) is 6.92 Å². The lowest BCUT2D eigenvalue weighted by molar-refractivity contribution is -0.0286. The number of hydrogen-bond donors (Lipinski definition) is 1. The molecule has 0 amide bonds. The van der Waals surface area contributed by atoms with Crippen LogP contribution in [0.4, 0.5) is 0 Å². The monoisotopic (exact) mass is 302 g/mol. The molecule has 1 aromatic heterocycles. The number of aliphatic hydroxyl groups excluding tert-OH is 1. The molecule has 3 aromatic rings. The van der Waals surface area contributed by atoms with Gasteiger partial charge in [0.2, 0.25) is 6.29 Å². The van der Waals surface area contributed by atoms with E-state index in [1.807, 2.05) is 35.8 Å². The van der Waals surface area contributed by atoms with Crippen molar-refractivity contribution < 1.29 is 9.84 Å². The highest BCUT2D eigenvalue weighted by molar-refractivity contribution is 6.31. The third-order valence-electron chi connectivity index (χ3n) is 3.28. The van der Waals surface area contributed by atoms with Crippen LogP contribution in [0.1, 0.15) is 5.56 Å². The van der Waals surface area contributed by atoms with Gasteiger partial charge in [-0.15, -0.1) is 0 Å². The molecule has 21 heavy (non-hydrogen) atoms. The number of nitrogens with zero attached hydrogens (tertiary/aromatic N) is 2. The first-order valence-corrected chi connectivity index (χ1v) is 7.02. The minimum Gasteiger partial charge on any atom is -0.463 e. The second-order valence-corrected chi connectivity index (χ2v) is 5.28. The van der Waals surface area contributed by atoms with E-state index in [1.54, 1.807) is 24.5 Å². The molecule has 0 saturated heterocycles. The van der Waals surface area contributed by atoms with Crippen LogP contribution in [-0.2, 0) is 6.54 Å². The molecule has 0 bridgehead atoms. The Morgan fingerprint density at radius 3 is 2.90 bits per heavy atom. The van der Waals surface area contributed by atoms with Gasteiger partial charge in [0.05, 0.1) is 23.9 Å². The van der Waals surface area contributed by atoms with Gasteiger partial charge in [0, 0.05) is 5.02 Å². The van der Waals surface area contributed by atoms with Crippen molar-refractivity contribution in [3.63, 3.8) is 0 Å². The first kappa shape index (κ1) is 13.9. The summed E-state index contributed by atoms with van der Waals surface area (Å²) in [5, 5.41) is 10.8. The van der Waals surface area contributed by atoms with Gasteiger partial charge in [0.15, 0.2) is 0 Å². The number of para-hydroxylation sites is 2. The summed E-state index contributed by atoms with van der Waals surface area (Å²) in [6.45, 7) is 2.20. The van der Waals surface area contributed by atoms with E-state index in [-0.39, 0.29) is 0 Å². The molecule has 5 heteroatoms. The second-order valence-electron chi connectivity index (χ2n) is 4.87. The first-order chi connectivity index (χ1) is 10.1. The third-order valence-corrected chi connectivity index (χ3v) is 3.71. The van der Waals surface area contributed by atoms with Crippen molar-refractivity contribution in [3.8, 4) is 5.75 Å². The number of imidazole rings is 1. The fourth-order valence-corrected chi connectivity index (χ4v) is 2.33. The number of aryl methyl sites for hydroxylation is 1. The zero-order chi connectivity index (χ0) is 14.8. The van der Waals surface area contributed by atoms with Gasteiger partial charge < -0.3 is 14.4 Å². The van der Waals surface area contributed by atoms with E-state index in [9.17, 15) is 5.11 Å². The maximum Gasteiger partial charge on any atom is 0.215 e. The number of ether oxygens (including phenoxy) is 1. The van der Waals surface area contributed by atoms with Gasteiger partial charge in [-0.25, -0.2) is 4.98 Å². The quantitative estimate of drug-likeness (QED) is 0.751. The summed E-state index contributed by atoms with van der Waals surface area (Å²) in [6, 6.07) is 13.1. The number of hydrogen-bond acceptors (Lipinski definition) is 3. The van der Waals surface area contributed by atoms with Gasteiger partial charge >= 0.3 is 0 Å². The van der Waals surface area contributed by atoms with Crippen molar-refractivity contribution in [3.05, 3.63) is 59.4 Å². The average molecular weight is 303 g/mol. The topological polar surface area (TPSA) is 47.3 Å². The lowest BCUT2D eigenvalue weighted by Crippen LogP contribution is -2.22. The van der Waals surface area contributed by atoms with E-state index in [2.05, 4.69) is 4.98 Å². The molecule has 0 aliphatic carbocycles. The Morgan fingerprint density at radius 1 is 1.29 bits per heavy atom. The summed E-state index contributed by atoms with van der Waals surface area (Å²) in [4.78, 5) is 4.28. The van der Waals surface area contributed by atoms with Crippen LogP contribution in [0.3, 0.4) is 0 Å². The SMILES string of the molecule is Cc1cc(OC(O)Cn2cnc3ccccc32)ccc1Cl. The predicted octanol–water partition coefficient (Wildman–Crippen LogP) is 3.40. The summed E-state index contributed by atoms with van der Waals surface area (Å²) in [5.74, 6) is 0.592. The zero-order valence-corrected chi connectivity index (χ0v) is 12.3. The van der Waals surface area contributed by atoms with Gasteiger partial charge in [-0.05, 0) is 42.8 Å². The highest BCUT2D eigenvalue weighted by Crippen LogP contribution is 2.22. The fraction of sp³-hybridized carbons (Fsp3) is 0.188. The summed E-state index contributed by atoms with van der Waals surface area (Å²) >= 11 is 5.97. The highest BCUT2D eigenvalue weighted by Gasteiger charge is 2.10. The first-order valence-electron chi connectivity index (χ1n) is 6.64. The Bertz CT molecular complexity index is 770. The Labute approximate surface area is 127 Å². The number of benzene rings is 2. The van der Waals surface area contributed by atoms with Crippen molar-refractivity contribution in [2.75, 3.05) is 0 Å². The summed E-state index contributed by atoms with van der Waals surface area (Å²) in [5.41, 5.74) is 2.77. The molecular weight excluding hydrogens is 288 g/mol. The molecule has 2 aromatic carbocycles. The Hall–Kier alpha value is -2.04. The molecule has 4 nitrogen and oxygen atoms in total. The van der Waals surface area contributed by atoms with Crippen LogP contribution in [0.2, 0.25) is 5.02 Å². The standard InChI is InChI=1S/C16H15ClN2O2/c1-11-8-12(6-7-13(11)17)21-16(20)9-19-10-18-14-4-2-3-5-15(14)19/h2-8,10,16,20H,9H2,1H3. The second kappa shape index (κ2) is 5.76. The van der Waals surface area contributed by atoms with E-state index in [1.165, 1.54) is 0 Å². The van der Waals surface area contributed by atoms with Crippen LogP contribution >= 0.6 is 11.6 Å². The van der Waals surface area contributed by atoms with Gasteiger partial charge in [0.25, 0.3) is 0 Å². The minimum atomic E-state index is -0.955. The molecule has 108 valence electrons. The maximum absolute atomic E-state index is 10.1. The number of aromatic nitrogens is 2. The molecule has 0 saturated carbocycles. The highest BCUT2D eigenvalue weighted by atomic mass is 35.5. The molecule has 1 atom stereocenters. The molecule has 0 spiro atoms. The van der Waals surface area contributed by atoms with Crippen LogP contribution in [-0.4, -0.2) is 20.9 Å². The zero-order valence-electron chi connectivity index (χ0n) is 11.5. The number of aliphatic hydroxyl groups is 1. The van der Waals surface area contributed by atoms with Gasteiger partial charge in [-0.3, -0.25) is 0 Å². The molecule has 0 aliphatic rings. The van der Waals surface area contributed by atoms with Crippen molar-refractivity contribution in [1.82, 2.24) is 9.55 Å². The van der Waals surface area contributed by atoms with Crippen LogP contribution in [0.5, 0.6) is 5.75 Å². The van der Waals surface area contributed by atoms with E-state index >= 15 is 0 Å². The van der Waals surface area contributed by atoms with E-state index in [0.29, 0.717) is 17.3 Å². The Morgan fingerprint density at radius 2 is 2.10 bits per heavy atom. The minimum absolute atomic E-state index is 0.308. The van der Waals surface area contributed by atoms with E-state index in [0.717, 1.165) is 16.6 Å². The predicted molar refractivity (Wildman–Crippen MR) is 82.6 cm³/mol. The van der Waals surface area contributed by atoms with Crippen LogP contribution in [0.25, 0.3) is 11.0 Å². The van der Waals surface area contributed by atoms with Gasteiger partial charge in [-0.2, -0.15) is 0 Å².